The lowest BCUT2D eigenvalue weighted by atomic mass is 9.33. The molecule has 100 heavy (non-hydrogen) atoms. The monoisotopic (exact) mass is 1310 g/mol. The Morgan fingerprint density at radius 2 is 0.610 bits per heavy atom. The van der Waals surface area contributed by atoms with Crippen molar-refractivity contribution >= 4 is 79.0 Å². The average Bonchev–Trinajstić information content (AvgIpc) is 0.909. The lowest BCUT2D eigenvalue weighted by Gasteiger charge is -2.44. The van der Waals surface area contributed by atoms with Crippen LogP contribution >= 0.6 is 0 Å². The predicted molar refractivity (Wildman–Crippen MR) is 433 cm³/mol. The molecular weight excluding hydrogens is 1210 g/mol. The molecule has 0 saturated heterocycles. The Bertz CT molecular complexity index is 5020. The van der Waals surface area contributed by atoms with Crippen LogP contribution in [0.25, 0.3) is 72.0 Å². The number of hydrogen-bond acceptors (Lipinski definition) is 2. The fourth-order valence-electron chi connectivity index (χ4n) is 18.5. The van der Waals surface area contributed by atoms with Crippen molar-refractivity contribution in [3.8, 4) is 50.2 Å². The van der Waals surface area contributed by atoms with Gasteiger partial charge >= 0.3 is 0 Å². The Kier molecular flexibility index (Phi) is 14.5. The minimum absolute atomic E-state index is 0.0225. The molecule has 4 heteroatoms. The Morgan fingerprint density at radius 3 is 0.990 bits per heavy atom. The highest BCUT2D eigenvalue weighted by molar-refractivity contribution is 7.00. The summed E-state index contributed by atoms with van der Waals surface area (Å²) in [7, 11) is 0. The molecule has 0 N–H and O–H groups in total. The summed E-state index contributed by atoms with van der Waals surface area (Å²) in [5.74, 6) is 0. The van der Waals surface area contributed by atoms with Crippen molar-refractivity contribution in [1.82, 2.24) is 4.57 Å². The lowest BCUT2D eigenvalue weighted by molar-refractivity contribution is 0.402. The molecule has 2 aliphatic carbocycles. The van der Waals surface area contributed by atoms with E-state index in [1.54, 1.807) is 0 Å². The Labute approximate surface area is 597 Å². The van der Waals surface area contributed by atoms with Crippen molar-refractivity contribution < 1.29 is 0 Å². The first-order chi connectivity index (χ1) is 47.0. The van der Waals surface area contributed by atoms with Crippen LogP contribution in [-0.4, -0.2) is 11.3 Å². The highest BCUT2D eigenvalue weighted by Crippen LogP contribution is 2.54. The summed E-state index contributed by atoms with van der Waals surface area (Å²) in [4.78, 5) is 5.26. The van der Waals surface area contributed by atoms with Crippen LogP contribution in [0, 0.1) is 0 Å². The maximum Gasteiger partial charge on any atom is 0.252 e. The number of rotatable bonds is 7. The summed E-state index contributed by atoms with van der Waals surface area (Å²) in [6.45, 7) is 47.2. The SMILES string of the molecule is CC(C)(C)c1cccc(-c2ccc3c(c2)B2c4cc(-c5cccc(C(C)(C)C)c5)ccc4N(c4ccc(-c5ccc6c(c5)C(C)(C)CC6(C)C)cc4)c4cc(-n5c6ccc(C(C)(C)C)cc6c6cc(C(C)(C)C)ccc65)cc(c42)N3c2ccc(-c3ccc4c(c3)C(C)(C)CC4(C)C)cc2)c1. The van der Waals surface area contributed by atoms with Crippen LogP contribution in [0.3, 0.4) is 0 Å². The van der Waals surface area contributed by atoms with Gasteiger partial charge < -0.3 is 14.4 Å². The molecule has 12 aromatic rings. The van der Waals surface area contributed by atoms with Crippen LogP contribution in [0.4, 0.5) is 34.1 Å². The fraction of sp³-hybridized carbons (Fsp3) is 0.312. The van der Waals surface area contributed by atoms with Crippen LogP contribution in [0.1, 0.15) is 196 Å². The Hall–Kier alpha value is -9.12. The fourth-order valence-corrected chi connectivity index (χ4v) is 18.5. The van der Waals surface area contributed by atoms with Crippen LogP contribution in [0.2, 0.25) is 0 Å². The summed E-state index contributed by atoms with van der Waals surface area (Å²) in [6.07, 6.45) is 2.27. The van der Waals surface area contributed by atoms with E-state index in [1.165, 1.54) is 150 Å². The normalized spacial score (nSPS) is 16.4. The van der Waals surface area contributed by atoms with E-state index in [2.05, 4.69) is 371 Å². The van der Waals surface area contributed by atoms with E-state index in [0.717, 1.165) is 29.9 Å². The van der Waals surface area contributed by atoms with Gasteiger partial charge in [0.05, 0.1) is 16.7 Å². The molecule has 0 fully saturated rings. The Balaban J connectivity index is 0.993. The van der Waals surface area contributed by atoms with Crippen LogP contribution in [0.15, 0.2) is 218 Å². The standard InChI is InChI=1S/C96H100BN3/c1-89(2,3)67-25-21-23-61(47-67)65-33-43-84-80(51-65)97-81-52-66(62-24-22-26-68(48-62)90(4,5)6)34-44-85(81)99(72-39-29-60(30-40-72)64-32-42-77-79(50-64)96(19,20)58-94(77,15)16)87-56-73(100-82-45-35-69(91(7,8)9)53-74(82)75-54-70(92(10,11)12)36-46-83(75)100)55-86(88(87)97)98(84)71-37-27-59(28-38-71)63-31-41-76-78(49-63)95(17,18)57-93(76,13)14/h21-56H,57-58H2,1-20H3. The van der Waals surface area contributed by atoms with Gasteiger partial charge in [-0.15, -0.1) is 0 Å². The second-order valence-corrected chi connectivity index (χ2v) is 37.0. The maximum atomic E-state index is 2.63. The number of anilines is 6. The molecule has 0 radical (unpaired) electrons. The molecule has 2 aliphatic heterocycles. The second kappa shape index (κ2) is 22.2. The zero-order valence-electron chi connectivity index (χ0n) is 63.1. The largest absolute Gasteiger partial charge is 0.311 e. The number of fused-ring (bicyclic) bond motifs is 9. The van der Waals surface area contributed by atoms with Crippen molar-refractivity contribution in [2.45, 2.75) is 195 Å². The van der Waals surface area contributed by atoms with E-state index < -0.39 is 0 Å². The van der Waals surface area contributed by atoms with Gasteiger partial charge in [-0.1, -0.05) is 284 Å². The van der Waals surface area contributed by atoms with Gasteiger partial charge in [0.15, 0.2) is 0 Å². The van der Waals surface area contributed by atoms with Crippen molar-refractivity contribution in [2.24, 2.45) is 0 Å². The van der Waals surface area contributed by atoms with Crippen molar-refractivity contribution in [1.29, 1.82) is 0 Å². The summed E-state index contributed by atoms with van der Waals surface area (Å²) >= 11 is 0. The number of nitrogens with zero attached hydrogens (tertiary/aromatic N) is 3. The zero-order chi connectivity index (χ0) is 70.5. The van der Waals surface area contributed by atoms with Crippen LogP contribution in [0.5, 0.6) is 0 Å². The third-order valence-corrected chi connectivity index (χ3v) is 23.6. The minimum Gasteiger partial charge on any atom is -0.311 e. The summed E-state index contributed by atoms with van der Waals surface area (Å²) < 4.78 is 2.59. The van der Waals surface area contributed by atoms with Gasteiger partial charge in [-0.25, -0.2) is 0 Å². The number of benzene rings is 11. The minimum atomic E-state index is -0.161. The second-order valence-electron chi connectivity index (χ2n) is 37.0. The Morgan fingerprint density at radius 1 is 0.280 bits per heavy atom. The third-order valence-electron chi connectivity index (χ3n) is 23.6. The highest BCUT2D eigenvalue weighted by atomic mass is 15.2. The molecule has 0 atom stereocenters. The quantitative estimate of drug-likeness (QED) is 0.147. The van der Waals surface area contributed by atoms with Gasteiger partial charge in [0.1, 0.15) is 0 Å². The van der Waals surface area contributed by atoms with Crippen molar-refractivity contribution in [2.75, 3.05) is 9.80 Å². The van der Waals surface area contributed by atoms with E-state index in [0.29, 0.717) is 0 Å². The first-order valence-electron chi connectivity index (χ1n) is 36.9. The van der Waals surface area contributed by atoms with Gasteiger partial charge in [-0.3, -0.25) is 0 Å². The van der Waals surface area contributed by atoms with Crippen molar-refractivity contribution in [3.05, 3.63) is 263 Å². The van der Waals surface area contributed by atoms with E-state index in [9.17, 15) is 0 Å². The zero-order valence-corrected chi connectivity index (χ0v) is 63.1. The van der Waals surface area contributed by atoms with E-state index >= 15 is 0 Å². The van der Waals surface area contributed by atoms with Crippen molar-refractivity contribution in [3.63, 3.8) is 0 Å². The smallest absolute Gasteiger partial charge is 0.252 e. The molecule has 3 heterocycles. The predicted octanol–water partition coefficient (Wildman–Crippen LogP) is 24.6. The van der Waals surface area contributed by atoms with E-state index in [-0.39, 0.29) is 50.0 Å². The van der Waals surface area contributed by atoms with Gasteiger partial charge in [-0.2, -0.15) is 0 Å². The van der Waals surface area contributed by atoms with E-state index in [1.807, 2.05) is 0 Å². The lowest BCUT2D eigenvalue weighted by Crippen LogP contribution is -2.61. The molecule has 1 aromatic heterocycles. The molecule has 0 amide bonds. The molecule has 0 unspecified atom stereocenters. The summed E-state index contributed by atoms with van der Waals surface area (Å²) in [6, 6.07) is 86.8. The van der Waals surface area contributed by atoms with Gasteiger partial charge in [0, 0.05) is 44.9 Å². The molecule has 502 valence electrons. The van der Waals surface area contributed by atoms with E-state index in [4.69, 9.17) is 0 Å². The van der Waals surface area contributed by atoms with Crippen LogP contribution in [-0.2, 0) is 43.3 Å². The first-order valence-corrected chi connectivity index (χ1v) is 36.9. The molecule has 0 bridgehead atoms. The van der Waals surface area contributed by atoms with Gasteiger partial charge in [0.2, 0.25) is 0 Å². The number of aromatic nitrogens is 1. The van der Waals surface area contributed by atoms with Gasteiger partial charge in [-0.05, 0) is 234 Å². The first kappa shape index (κ1) is 65.5. The molecular formula is C96H100BN3. The molecule has 0 saturated carbocycles. The molecule has 4 aliphatic rings. The van der Waals surface area contributed by atoms with Gasteiger partial charge in [0.25, 0.3) is 6.71 Å². The highest BCUT2D eigenvalue weighted by Gasteiger charge is 2.46. The maximum absolute atomic E-state index is 2.63. The average molecular weight is 1310 g/mol. The van der Waals surface area contributed by atoms with Crippen LogP contribution < -0.4 is 26.2 Å². The molecule has 16 rings (SSSR count). The topological polar surface area (TPSA) is 11.4 Å². The molecule has 11 aromatic carbocycles. The molecule has 3 nitrogen and oxygen atoms in total. The molecule has 0 spiro atoms. The third kappa shape index (κ3) is 10.7. The summed E-state index contributed by atoms with van der Waals surface area (Å²) in [5, 5.41) is 2.55. The number of hydrogen-bond donors (Lipinski definition) is 0. The summed E-state index contributed by atoms with van der Waals surface area (Å²) in [5.41, 5.74) is 35.7.